The van der Waals surface area contributed by atoms with E-state index in [1.165, 1.54) is 0 Å². The van der Waals surface area contributed by atoms with Gasteiger partial charge in [-0.3, -0.25) is 0 Å². The van der Waals surface area contributed by atoms with Crippen LogP contribution in [0.2, 0.25) is 0 Å². The summed E-state index contributed by atoms with van der Waals surface area (Å²) in [5.41, 5.74) is -0.369. The van der Waals surface area contributed by atoms with E-state index in [2.05, 4.69) is 0 Å². The van der Waals surface area contributed by atoms with Crippen LogP contribution < -0.4 is 0 Å². The standard InChI is InChI=1S/C9H10F2O3/c10-5-1-2-7(11)6(3-5)9(14)8(13)4-12/h1-3,8-9,12-14H,4H2. The average molecular weight is 204 g/mol. The van der Waals surface area contributed by atoms with E-state index in [0.717, 1.165) is 18.2 Å². The van der Waals surface area contributed by atoms with Crippen LogP contribution >= 0.6 is 0 Å². The summed E-state index contributed by atoms with van der Waals surface area (Å²) in [5.74, 6) is -1.54. The summed E-state index contributed by atoms with van der Waals surface area (Å²) in [6.45, 7) is -0.725. The number of benzene rings is 1. The lowest BCUT2D eigenvalue weighted by Crippen LogP contribution is -2.23. The molecule has 14 heavy (non-hydrogen) atoms. The van der Waals surface area contributed by atoms with Gasteiger partial charge in [0.2, 0.25) is 0 Å². The van der Waals surface area contributed by atoms with E-state index < -0.39 is 30.4 Å². The first kappa shape index (κ1) is 11.0. The molecule has 0 aliphatic heterocycles. The van der Waals surface area contributed by atoms with Crippen molar-refractivity contribution in [3.05, 3.63) is 35.4 Å². The molecular weight excluding hydrogens is 194 g/mol. The van der Waals surface area contributed by atoms with Gasteiger partial charge in [-0.2, -0.15) is 0 Å². The van der Waals surface area contributed by atoms with Crippen LogP contribution in [0.5, 0.6) is 0 Å². The molecule has 3 nitrogen and oxygen atoms in total. The summed E-state index contributed by atoms with van der Waals surface area (Å²) in [5, 5.41) is 26.8. The highest BCUT2D eigenvalue weighted by Crippen LogP contribution is 2.20. The fraction of sp³-hybridized carbons (Fsp3) is 0.333. The van der Waals surface area contributed by atoms with Crippen LogP contribution in [0.1, 0.15) is 11.7 Å². The SMILES string of the molecule is OCC(O)C(O)c1cc(F)ccc1F. The molecule has 0 amide bonds. The fourth-order valence-electron chi connectivity index (χ4n) is 1.05. The molecule has 2 atom stereocenters. The minimum Gasteiger partial charge on any atom is -0.394 e. The highest BCUT2D eigenvalue weighted by Gasteiger charge is 2.21. The molecule has 5 heteroatoms. The summed E-state index contributed by atoms with van der Waals surface area (Å²) < 4.78 is 25.7. The summed E-state index contributed by atoms with van der Waals surface area (Å²) in [6.07, 6.45) is -3.15. The van der Waals surface area contributed by atoms with Crippen LogP contribution in [-0.2, 0) is 0 Å². The predicted molar refractivity (Wildman–Crippen MR) is 44.4 cm³/mol. The van der Waals surface area contributed by atoms with E-state index >= 15 is 0 Å². The van der Waals surface area contributed by atoms with Crippen molar-refractivity contribution in [2.24, 2.45) is 0 Å². The number of rotatable bonds is 3. The molecule has 0 aromatic heterocycles. The molecule has 0 aliphatic carbocycles. The Hall–Kier alpha value is -1.04. The zero-order valence-electron chi connectivity index (χ0n) is 7.19. The first-order valence-corrected chi connectivity index (χ1v) is 3.98. The van der Waals surface area contributed by atoms with Gasteiger partial charge < -0.3 is 15.3 Å². The fourth-order valence-corrected chi connectivity index (χ4v) is 1.05. The van der Waals surface area contributed by atoms with Crippen molar-refractivity contribution in [2.45, 2.75) is 12.2 Å². The quantitative estimate of drug-likeness (QED) is 0.665. The first-order valence-electron chi connectivity index (χ1n) is 3.98. The molecule has 0 spiro atoms. The highest BCUT2D eigenvalue weighted by molar-refractivity contribution is 5.21. The second kappa shape index (κ2) is 4.45. The topological polar surface area (TPSA) is 60.7 Å². The molecule has 0 saturated carbocycles. The van der Waals surface area contributed by atoms with Crippen molar-refractivity contribution in [3.8, 4) is 0 Å². The Morgan fingerprint density at radius 1 is 1.21 bits per heavy atom. The van der Waals surface area contributed by atoms with Gasteiger partial charge in [0.05, 0.1) is 6.61 Å². The maximum atomic E-state index is 13.0. The normalized spacial score (nSPS) is 15.2. The third-order valence-electron chi connectivity index (χ3n) is 1.83. The lowest BCUT2D eigenvalue weighted by Gasteiger charge is -2.16. The molecule has 0 heterocycles. The Labute approximate surface area is 79.2 Å². The second-order valence-corrected chi connectivity index (χ2v) is 2.86. The Morgan fingerprint density at radius 2 is 1.86 bits per heavy atom. The Balaban J connectivity index is 2.99. The van der Waals surface area contributed by atoms with E-state index in [4.69, 9.17) is 10.2 Å². The molecule has 3 N–H and O–H groups in total. The van der Waals surface area contributed by atoms with E-state index in [-0.39, 0.29) is 5.56 Å². The molecule has 0 fully saturated rings. The molecule has 1 rings (SSSR count). The van der Waals surface area contributed by atoms with Crippen LogP contribution in [0, 0.1) is 11.6 Å². The second-order valence-electron chi connectivity index (χ2n) is 2.86. The van der Waals surface area contributed by atoms with Gasteiger partial charge in [-0.1, -0.05) is 0 Å². The third-order valence-corrected chi connectivity index (χ3v) is 1.83. The van der Waals surface area contributed by atoms with Crippen LogP contribution in [0.15, 0.2) is 18.2 Å². The van der Waals surface area contributed by atoms with E-state index in [1.54, 1.807) is 0 Å². The summed E-state index contributed by atoms with van der Waals surface area (Å²) >= 11 is 0. The van der Waals surface area contributed by atoms with Crippen LogP contribution in [0.25, 0.3) is 0 Å². The van der Waals surface area contributed by atoms with Gasteiger partial charge in [-0.25, -0.2) is 8.78 Å². The van der Waals surface area contributed by atoms with Crippen LogP contribution in [0.4, 0.5) is 8.78 Å². The van der Waals surface area contributed by atoms with Crippen LogP contribution in [0.3, 0.4) is 0 Å². The van der Waals surface area contributed by atoms with Crippen molar-refractivity contribution >= 4 is 0 Å². The monoisotopic (exact) mass is 204 g/mol. The van der Waals surface area contributed by atoms with E-state index in [9.17, 15) is 13.9 Å². The lowest BCUT2D eigenvalue weighted by atomic mass is 10.0. The van der Waals surface area contributed by atoms with Gasteiger partial charge in [-0.05, 0) is 18.2 Å². The molecule has 0 aliphatic rings. The smallest absolute Gasteiger partial charge is 0.129 e. The maximum Gasteiger partial charge on any atom is 0.129 e. The van der Waals surface area contributed by atoms with Gasteiger partial charge in [0.15, 0.2) is 0 Å². The van der Waals surface area contributed by atoms with Gasteiger partial charge in [-0.15, -0.1) is 0 Å². The minimum atomic E-state index is -1.63. The average Bonchev–Trinajstić information content (AvgIpc) is 2.19. The third kappa shape index (κ3) is 2.25. The summed E-state index contributed by atoms with van der Waals surface area (Å²) in [6, 6.07) is 2.52. The molecule has 2 unspecified atom stereocenters. The Kier molecular flexibility index (Phi) is 3.51. The van der Waals surface area contributed by atoms with Gasteiger partial charge in [0.25, 0.3) is 0 Å². The van der Waals surface area contributed by atoms with Crippen molar-refractivity contribution in [3.63, 3.8) is 0 Å². The number of hydrogen-bond acceptors (Lipinski definition) is 3. The van der Waals surface area contributed by atoms with Crippen molar-refractivity contribution < 1.29 is 24.1 Å². The molecule has 0 saturated heterocycles. The molecule has 0 radical (unpaired) electrons. The highest BCUT2D eigenvalue weighted by atomic mass is 19.1. The molecular formula is C9H10F2O3. The molecule has 1 aromatic carbocycles. The number of aliphatic hydroxyl groups excluding tert-OH is 3. The minimum absolute atomic E-state index is 0.369. The zero-order chi connectivity index (χ0) is 10.7. The maximum absolute atomic E-state index is 13.0. The van der Waals surface area contributed by atoms with Crippen LogP contribution in [-0.4, -0.2) is 28.0 Å². The number of hydrogen-bond donors (Lipinski definition) is 3. The largest absolute Gasteiger partial charge is 0.394 e. The number of halogens is 2. The summed E-state index contributed by atoms with van der Waals surface area (Å²) in [4.78, 5) is 0. The Bertz CT molecular complexity index is 317. The predicted octanol–water partition coefficient (Wildman–Crippen LogP) is 0.351. The summed E-state index contributed by atoms with van der Waals surface area (Å²) in [7, 11) is 0. The van der Waals surface area contributed by atoms with E-state index in [1.807, 2.05) is 0 Å². The Morgan fingerprint density at radius 3 is 2.43 bits per heavy atom. The van der Waals surface area contributed by atoms with E-state index in [0.29, 0.717) is 0 Å². The molecule has 0 bridgehead atoms. The van der Waals surface area contributed by atoms with Gasteiger partial charge in [0.1, 0.15) is 23.8 Å². The molecule has 78 valence electrons. The molecule has 1 aromatic rings. The van der Waals surface area contributed by atoms with Crippen molar-refractivity contribution in [1.29, 1.82) is 0 Å². The van der Waals surface area contributed by atoms with Crippen molar-refractivity contribution in [2.75, 3.05) is 6.61 Å². The van der Waals surface area contributed by atoms with Crippen molar-refractivity contribution in [1.82, 2.24) is 0 Å². The number of aliphatic hydroxyl groups is 3. The first-order chi connectivity index (χ1) is 6.56. The zero-order valence-corrected chi connectivity index (χ0v) is 7.19. The lowest BCUT2D eigenvalue weighted by molar-refractivity contribution is -0.0169. The van der Waals surface area contributed by atoms with Gasteiger partial charge >= 0.3 is 0 Å². The van der Waals surface area contributed by atoms with Gasteiger partial charge in [0, 0.05) is 5.56 Å².